The van der Waals surface area contributed by atoms with Gasteiger partial charge in [0.15, 0.2) is 0 Å². The second-order valence-electron chi connectivity index (χ2n) is 5.16. The molecule has 1 aliphatic rings. The van der Waals surface area contributed by atoms with Crippen LogP contribution in [0.15, 0.2) is 18.2 Å². The van der Waals surface area contributed by atoms with E-state index in [1.165, 1.54) is 0 Å². The molecule has 1 amide bonds. The number of hydrogen-bond acceptors (Lipinski definition) is 3. The summed E-state index contributed by atoms with van der Waals surface area (Å²) in [7, 11) is 3.16. The molecular formula is C16H22BrNO3. The number of methoxy groups -OCH3 is 2. The molecule has 0 spiro atoms. The molecule has 1 saturated heterocycles. The fourth-order valence-electron chi connectivity index (χ4n) is 2.92. The maximum absolute atomic E-state index is 12.9. The van der Waals surface area contributed by atoms with E-state index in [9.17, 15) is 4.79 Å². The summed E-state index contributed by atoms with van der Waals surface area (Å²) in [4.78, 5) is 14.9. The first-order valence-corrected chi connectivity index (χ1v) is 8.43. The zero-order chi connectivity index (χ0) is 15.2. The molecule has 1 aromatic rings. The molecule has 1 unspecified atom stereocenters. The van der Waals surface area contributed by atoms with Crippen LogP contribution < -0.4 is 9.47 Å². The van der Waals surface area contributed by atoms with Gasteiger partial charge < -0.3 is 14.4 Å². The fourth-order valence-corrected chi connectivity index (χ4v) is 3.25. The van der Waals surface area contributed by atoms with E-state index in [1.54, 1.807) is 26.4 Å². The Hall–Kier alpha value is -1.23. The molecule has 2 rings (SSSR count). The molecule has 1 atom stereocenters. The van der Waals surface area contributed by atoms with Gasteiger partial charge in [-0.05, 0) is 37.8 Å². The summed E-state index contributed by atoms with van der Waals surface area (Å²) < 4.78 is 10.7. The molecule has 0 N–H and O–H groups in total. The van der Waals surface area contributed by atoms with Crippen LogP contribution in [0.1, 0.15) is 36.0 Å². The zero-order valence-corrected chi connectivity index (χ0v) is 14.2. The minimum atomic E-state index is 0.0152. The van der Waals surface area contributed by atoms with Crippen molar-refractivity contribution in [3.8, 4) is 11.5 Å². The highest BCUT2D eigenvalue weighted by Gasteiger charge is 2.32. The van der Waals surface area contributed by atoms with Gasteiger partial charge in [0.05, 0.1) is 14.2 Å². The van der Waals surface area contributed by atoms with Gasteiger partial charge in [0.1, 0.15) is 17.1 Å². The number of rotatable bonds is 6. The molecule has 1 fully saturated rings. The largest absolute Gasteiger partial charge is 0.496 e. The predicted molar refractivity (Wildman–Crippen MR) is 86.6 cm³/mol. The van der Waals surface area contributed by atoms with Crippen molar-refractivity contribution in [1.29, 1.82) is 0 Å². The third-order valence-electron chi connectivity index (χ3n) is 3.95. The Morgan fingerprint density at radius 2 is 2.00 bits per heavy atom. The van der Waals surface area contributed by atoms with Gasteiger partial charge in [0.25, 0.3) is 5.91 Å². The van der Waals surface area contributed by atoms with Crippen LogP contribution in [0.5, 0.6) is 11.5 Å². The van der Waals surface area contributed by atoms with Crippen LogP contribution in [0.3, 0.4) is 0 Å². The van der Waals surface area contributed by atoms with Crippen molar-refractivity contribution in [1.82, 2.24) is 4.90 Å². The van der Waals surface area contributed by atoms with E-state index < -0.39 is 0 Å². The molecule has 0 aliphatic carbocycles. The van der Waals surface area contributed by atoms with Crippen molar-refractivity contribution in [3.63, 3.8) is 0 Å². The van der Waals surface area contributed by atoms with Gasteiger partial charge in [-0.1, -0.05) is 22.0 Å². The van der Waals surface area contributed by atoms with Gasteiger partial charge in [-0.15, -0.1) is 0 Å². The van der Waals surface area contributed by atoms with Crippen molar-refractivity contribution < 1.29 is 14.3 Å². The van der Waals surface area contributed by atoms with E-state index in [0.717, 1.165) is 37.6 Å². The number of nitrogens with zero attached hydrogens (tertiary/aromatic N) is 1. The van der Waals surface area contributed by atoms with Crippen molar-refractivity contribution in [2.24, 2.45) is 0 Å². The summed E-state index contributed by atoms with van der Waals surface area (Å²) in [6.07, 6.45) is 4.26. The van der Waals surface area contributed by atoms with E-state index >= 15 is 0 Å². The number of hydrogen-bond donors (Lipinski definition) is 0. The molecule has 5 heteroatoms. The minimum absolute atomic E-state index is 0.0152. The number of amides is 1. The van der Waals surface area contributed by atoms with Gasteiger partial charge in [-0.25, -0.2) is 0 Å². The Labute approximate surface area is 134 Å². The number of alkyl halides is 1. The minimum Gasteiger partial charge on any atom is -0.496 e. The predicted octanol–water partition coefficient (Wildman–Crippen LogP) is 3.48. The number of carbonyl (C=O) groups excluding carboxylic acids is 1. The molecule has 0 saturated carbocycles. The van der Waals surface area contributed by atoms with Gasteiger partial charge >= 0.3 is 0 Å². The fraction of sp³-hybridized carbons (Fsp3) is 0.562. The summed E-state index contributed by atoms with van der Waals surface area (Å²) in [5.74, 6) is 1.16. The average Bonchev–Trinajstić information content (AvgIpc) is 2.99. The van der Waals surface area contributed by atoms with Crippen LogP contribution in [-0.4, -0.2) is 42.9 Å². The van der Waals surface area contributed by atoms with Crippen LogP contribution in [0, 0.1) is 0 Å². The van der Waals surface area contributed by atoms with Crippen molar-refractivity contribution in [2.45, 2.75) is 31.7 Å². The molecule has 21 heavy (non-hydrogen) atoms. The SMILES string of the molecule is COc1cccc(OC)c1C(=O)N1CCCC1CCCBr. The maximum atomic E-state index is 12.9. The summed E-state index contributed by atoms with van der Waals surface area (Å²) in [6, 6.07) is 5.77. The van der Waals surface area contributed by atoms with Crippen molar-refractivity contribution >= 4 is 21.8 Å². The molecule has 4 nitrogen and oxygen atoms in total. The molecule has 1 aromatic carbocycles. The summed E-state index contributed by atoms with van der Waals surface area (Å²) >= 11 is 3.46. The lowest BCUT2D eigenvalue weighted by Gasteiger charge is -2.26. The monoisotopic (exact) mass is 355 g/mol. The van der Waals surface area contributed by atoms with Gasteiger partial charge in [0, 0.05) is 17.9 Å². The Morgan fingerprint density at radius 1 is 1.33 bits per heavy atom. The Kier molecular flexibility index (Phi) is 5.91. The second kappa shape index (κ2) is 7.69. The van der Waals surface area contributed by atoms with Gasteiger partial charge in [-0.3, -0.25) is 4.79 Å². The lowest BCUT2D eigenvalue weighted by atomic mass is 10.1. The molecule has 1 heterocycles. The molecule has 0 aromatic heterocycles. The maximum Gasteiger partial charge on any atom is 0.261 e. The van der Waals surface area contributed by atoms with Gasteiger partial charge in [-0.2, -0.15) is 0 Å². The van der Waals surface area contributed by atoms with Crippen molar-refractivity contribution in [2.75, 3.05) is 26.1 Å². The quantitative estimate of drug-likeness (QED) is 0.733. The lowest BCUT2D eigenvalue weighted by Crippen LogP contribution is -2.36. The van der Waals surface area contributed by atoms with Crippen LogP contribution in [-0.2, 0) is 0 Å². The highest BCUT2D eigenvalue weighted by molar-refractivity contribution is 9.09. The lowest BCUT2D eigenvalue weighted by molar-refractivity contribution is 0.0723. The molecule has 1 aliphatic heterocycles. The first kappa shape index (κ1) is 16.1. The third kappa shape index (κ3) is 3.51. The zero-order valence-electron chi connectivity index (χ0n) is 12.6. The van der Waals surface area contributed by atoms with Crippen LogP contribution in [0.2, 0.25) is 0 Å². The number of benzene rings is 1. The molecular weight excluding hydrogens is 334 g/mol. The Balaban J connectivity index is 2.26. The topological polar surface area (TPSA) is 38.8 Å². The number of carbonyl (C=O) groups is 1. The number of halogens is 1. The summed E-state index contributed by atoms with van der Waals surface area (Å²) in [6.45, 7) is 0.812. The van der Waals surface area contributed by atoms with Crippen LogP contribution >= 0.6 is 15.9 Å². The Morgan fingerprint density at radius 3 is 2.57 bits per heavy atom. The first-order valence-electron chi connectivity index (χ1n) is 7.30. The highest BCUT2D eigenvalue weighted by Crippen LogP contribution is 2.32. The average molecular weight is 356 g/mol. The second-order valence-corrected chi connectivity index (χ2v) is 5.96. The number of likely N-dealkylation sites (tertiary alicyclic amines) is 1. The molecule has 0 radical (unpaired) electrons. The standard InChI is InChI=1S/C16H22BrNO3/c1-20-13-8-3-9-14(21-2)15(13)16(19)18-11-5-7-12(18)6-4-10-17/h3,8-9,12H,4-7,10-11H2,1-2H3. The normalized spacial score (nSPS) is 17.9. The van der Waals surface area contributed by atoms with E-state index in [0.29, 0.717) is 23.1 Å². The third-order valence-corrected chi connectivity index (χ3v) is 4.51. The molecule has 0 bridgehead atoms. The highest BCUT2D eigenvalue weighted by atomic mass is 79.9. The van der Waals surface area contributed by atoms with Crippen LogP contribution in [0.4, 0.5) is 0 Å². The van der Waals surface area contributed by atoms with E-state index in [4.69, 9.17) is 9.47 Å². The number of ether oxygens (including phenoxy) is 2. The van der Waals surface area contributed by atoms with E-state index in [2.05, 4.69) is 15.9 Å². The van der Waals surface area contributed by atoms with E-state index in [1.807, 2.05) is 11.0 Å². The summed E-state index contributed by atoms with van der Waals surface area (Å²) in [5, 5.41) is 0.976. The Bertz CT molecular complexity index is 470. The molecule has 116 valence electrons. The smallest absolute Gasteiger partial charge is 0.261 e. The van der Waals surface area contributed by atoms with Gasteiger partial charge in [0.2, 0.25) is 0 Å². The van der Waals surface area contributed by atoms with E-state index in [-0.39, 0.29) is 5.91 Å². The summed E-state index contributed by atoms with van der Waals surface area (Å²) in [5.41, 5.74) is 0.535. The van der Waals surface area contributed by atoms with Crippen LogP contribution in [0.25, 0.3) is 0 Å². The van der Waals surface area contributed by atoms with Crippen molar-refractivity contribution in [3.05, 3.63) is 23.8 Å². The first-order chi connectivity index (χ1) is 10.2.